The molecule has 0 aliphatic carbocycles. The van der Waals surface area contributed by atoms with Crippen molar-refractivity contribution >= 4 is 0 Å². The van der Waals surface area contributed by atoms with Crippen LogP contribution in [0.2, 0.25) is 0 Å². The lowest BCUT2D eigenvalue weighted by Gasteiger charge is -2.10. The molecule has 17 heavy (non-hydrogen) atoms. The van der Waals surface area contributed by atoms with Crippen LogP contribution in [0.15, 0.2) is 24.3 Å². The largest absolute Gasteiger partial charge is 0.504 e. The van der Waals surface area contributed by atoms with Crippen molar-refractivity contribution in [1.82, 2.24) is 9.78 Å². The Balaban J connectivity index is 2.59. The van der Waals surface area contributed by atoms with Gasteiger partial charge in [0, 0.05) is 0 Å². The van der Waals surface area contributed by atoms with Crippen LogP contribution in [0.4, 0.5) is 0 Å². The molecule has 0 aliphatic heterocycles. The van der Waals surface area contributed by atoms with E-state index in [1.54, 1.807) is 0 Å². The van der Waals surface area contributed by atoms with Crippen LogP contribution in [0, 0.1) is 13.8 Å². The molecule has 0 atom stereocenters. The molecule has 2 aromatic rings. The molecular formula is C14H18N2O. The minimum atomic E-state index is 0.234. The number of aromatic nitrogens is 2. The van der Waals surface area contributed by atoms with Gasteiger partial charge in [0.05, 0.1) is 11.4 Å². The first kappa shape index (κ1) is 11.7. The highest BCUT2D eigenvalue weighted by Gasteiger charge is 2.18. The molecule has 0 saturated carbocycles. The first-order valence-electron chi connectivity index (χ1n) is 5.86. The zero-order chi connectivity index (χ0) is 12.6. The summed E-state index contributed by atoms with van der Waals surface area (Å²) in [7, 11) is 0. The maximum absolute atomic E-state index is 10.0. The average Bonchev–Trinajstić information content (AvgIpc) is 2.56. The van der Waals surface area contributed by atoms with Crippen molar-refractivity contribution in [3.63, 3.8) is 0 Å². The van der Waals surface area contributed by atoms with Crippen LogP contribution in [-0.4, -0.2) is 14.9 Å². The fourth-order valence-electron chi connectivity index (χ4n) is 1.94. The summed E-state index contributed by atoms with van der Waals surface area (Å²) in [6, 6.07) is 8.14. The summed E-state index contributed by atoms with van der Waals surface area (Å²) in [5, 5.41) is 14.4. The minimum absolute atomic E-state index is 0.234. The first-order valence-corrected chi connectivity index (χ1v) is 5.86. The highest BCUT2D eigenvalue weighted by molar-refractivity contribution is 5.42. The van der Waals surface area contributed by atoms with Gasteiger partial charge in [0.2, 0.25) is 0 Å². The SMILES string of the molecule is Cc1ccc(-n2nc(C)c(O)c2C(C)C)cc1. The molecule has 3 heteroatoms. The van der Waals surface area contributed by atoms with Crippen LogP contribution >= 0.6 is 0 Å². The average molecular weight is 230 g/mol. The van der Waals surface area contributed by atoms with Crippen LogP contribution in [0.5, 0.6) is 5.75 Å². The van der Waals surface area contributed by atoms with Gasteiger partial charge in [-0.3, -0.25) is 0 Å². The lowest BCUT2D eigenvalue weighted by Crippen LogP contribution is -2.03. The maximum Gasteiger partial charge on any atom is 0.160 e. The number of nitrogens with zero attached hydrogens (tertiary/aromatic N) is 2. The molecule has 0 bridgehead atoms. The molecule has 2 rings (SSSR count). The van der Waals surface area contributed by atoms with E-state index in [1.807, 2.05) is 35.9 Å². The molecule has 3 nitrogen and oxygen atoms in total. The third-order valence-corrected chi connectivity index (χ3v) is 2.89. The number of rotatable bonds is 2. The normalized spacial score (nSPS) is 11.1. The third-order valence-electron chi connectivity index (χ3n) is 2.89. The van der Waals surface area contributed by atoms with Crippen LogP contribution in [-0.2, 0) is 0 Å². The second kappa shape index (κ2) is 4.24. The molecule has 0 unspecified atom stereocenters. The van der Waals surface area contributed by atoms with Crippen molar-refractivity contribution in [2.75, 3.05) is 0 Å². The second-order valence-electron chi connectivity index (χ2n) is 4.72. The molecule has 0 radical (unpaired) electrons. The zero-order valence-electron chi connectivity index (χ0n) is 10.7. The van der Waals surface area contributed by atoms with Gasteiger partial charge in [0.15, 0.2) is 5.75 Å². The Hall–Kier alpha value is -1.77. The summed E-state index contributed by atoms with van der Waals surface area (Å²) in [6.45, 7) is 7.99. The van der Waals surface area contributed by atoms with Gasteiger partial charge in [-0.1, -0.05) is 31.5 Å². The summed E-state index contributed by atoms with van der Waals surface area (Å²) in [5.41, 5.74) is 3.75. The van der Waals surface area contributed by atoms with E-state index in [2.05, 4.69) is 25.9 Å². The molecule has 0 fully saturated rings. The number of aromatic hydroxyl groups is 1. The number of hydrogen-bond donors (Lipinski definition) is 1. The molecule has 0 saturated heterocycles. The van der Waals surface area contributed by atoms with Crippen molar-refractivity contribution in [3.8, 4) is 11.4 Å². The molecule has 1 aromatic heterocycles. The fraction of sp³-hybridized carbons (Fsp3) is 0.357. The lowest BCUT2D eigenvalue weighted by atomic mass is 10.1. The Morgan fingerprint density at radius 3 is 2.24 bits per heavy atom. The molecule has 0 aliphatic rings. The predicted molar refractivity (Wildman–Crippen MR) is 68.8 cm³/mol. The molecule has 0 spiro atoms. The summed E-state index contributed by atoms with van der Waals surface area (Å²) in [6.07, 6.45) is 0. The van der Waals surface area contributed by atoms with E-state index in [0.29, 0.717) is 11.4 Å². The molecule has 1 N–H and O–H groups in total. The van der Waals surface area contributed by atoms with Crippen LogP contribution < -0.4 is 0 Å². The zero-order valence-corrected chi connectivity index (χ0v) is 10.7. The Morgan fingerprint density at radius 1 is 1.12 bits per heavy atom. The van der Waals surface area contributed by atoms with E-state index in [1.165, 1.54) is 5.56 Å². The van der Waals surface area contributed by atoms with Gasteiger partial charge in [-0.2, -0.15) is 5.10 Å². The number of aryl methyl sites for hydroxylation is 2. The van der Waals surface area contributed by atoms with Crippen molar-refractivity contribution < 1.29 is 5.11 Å². The van der Waals surface area contributed by atoms with Crippen molar-refractivity contribution in [2.24, 2.45) is 0 Å². The maximum atomic E-state index is 10.0. The van der Waals surface area contributed by atoms with Crippen LogP contribution in [0.1, 0.15) is 36.7 Å². The fourth-order valence-corrected chi connectivity index (χ4v) is 1.94. The summed E-state index contributed by atoms with van der Waals surface area (Å²) in [5.74, 6) is 0.540. The summed E-state index contributed by atoms with van der Waals surface area (Å²) >= 11 is 0. The van der Waals surface area contributed by atoms with Gasteiger partial charge in [0.1, 0.15) is 5.69 Å². The van der Waals surface area contributed by atoms with Gasteiger partial charge in [0.25, 0.3) is 0 Å². The van der Waals surface area contributed by atoms with E-state index in [9.17, 15) is 5.11 Å². The molecule has 1 aromatic carbocycles. The molecular weight excluding hydrogens is 212 g/mol. The second-order valence-corrected chi connectivity index (χ2v) is 4.72. The van der Waals surface area contributed by atoms with E-state index in [4.69, 9.17) is 0 Å². The van der Waals surface area contributed by atoms with Crippen molar-refractivity contribution in [1.29, 1.82) is 0 Å². The minimum Gasteiger partial charge on any atom is -0.504 e. The Labute approximate surface area is 102 Å². The number of benzene rings is 1. The van der Waals surface area contributed by atoms with E-state index in [0.717, 1.165) is 11.4 Å². The van der Waals surface area contributed by atoms with Gasteiger partial charge < -0.3 is 5.11 Å². The van der Waals surface area contributed by atoms with Crippen molar-refractivity contribution in [2.45, 2.75) is 33.6 Å². The van der Waals surface area contributed by atoms with E-state index >= 15 is 0 Å². The Morgan fingerprint density at radius 2 is 1.71 bits per heavy atom. The Bertz CT molecular complexity index is 524. The smallest absolute Gasteiger partial charge is 0.160 e. The standard InChI is InChI=1S/C14H18N2O/c1-9(2)13-14(17)11(4)15-16(13)12-7-5-10(3)6-8-12/h5-9,17H,1-4H3. The molecule has 90 valence electrons. The van der Waals surface area contributed by atoms with Crippen molar-refractivity contribution in [3.05, 3.63) is 41.2 Å². The van der Waals surface area contributed by atoms with Gasteiger partial charge in [-0.25, -0.2) is 4.68 Å². The topological polar surface area (TPSA) is 38.0 Å². The van der Waals surface area contributed by atoms with E-state index < -0.39 is 0 Å². The summed E-state index contributed by atoms with van der Waals surface area (Å²) < 4.78 is 1.83. The lowest BCUT2D eigenvalue weighted by molar-refractivity contribution is 0.459. The first-order chi connectivity index (χ1) is 8.00. The van der Waals surface area contributed by atoms with Gasteiger partial charge in [-0.05, 0) is 31.9 Å². The third kappa shape index (κ3) is 2.05. The van der Waals surface area contributed by atoms with Gasteiger partial charge in [-0.15, -0.1) is 0 Å². The monoisotopic (exact) mass is 230 g/mol. The van der Waals surface area contributed by atoms with Crippen LogP contribution in [0.3, 0.4) is 0 Å². The highest BCUT2D eigenvalue weighted by Crippen LogP contribution is 2.30. The number of hydrogen-bond acceptors (Lipinski definition) is 2. The quantitative estimate of drug-likeness (QED) is 0.859. The Kier molecular flexibility index (Phi) is 2.92. The van der Waals surface area contributed by atoms with Crippen LogP contribution in [0.25, 0.3) is 5.69 Å². The van der Waals surface area contributed by atoms with Gasteiger partial charge >= 0.3 is 0 Å². The highest BCUT2D eigenvalue weighted by atomic mass is 16.3. The summed E-state index contributed by atoms with van der Waals surface area (Å²) in [4.78, 5) is 0. The van der Waals surface area contributed by atoms with E-state index in [-0.39, 0.29) is 5.92 Å². The molecule has 0 amide bonds. The predicted octanol–water partition coefficient (Wildman–Crippen LogP) is 3.32. The molecule has 1 heterocycles.